The van der Waals surface area contributed by atoms with Crippen LogP contribution in [0.25, 0.3) is 10.9 Å². The Morgan fingerprint density at radius 3 is 2.71 bits per heavy atom. The predicted octanol–water partition coefficient (Wildman–Crippen LogP) is 3.07. The number of aryl methyl sites for hydroxylation is 2. The molecule has 0 fully saturated rings. The maximum absolute atomic E-state index is 13.6. The molecule has 1 aromatic carbocycles. The lowest BCUT2D eigenvalue weighted by molar-refractivity contribution is 0.0590. The molecule has 0 bridgehead atoms. The Hall–Kier alpha value is -1.55. The Labute approximate surface area is 103 Å². The highest BCUT2D eigenvalue weighted by atomic mass is 35.5. The molecule has 0 spiro atoms. The molecule has 1 aromatic heterocycles. The number of ether oxygens (including phenoxy) is 1. The van der Waals surface area contributed by atoms with E-state index in [-0.39, 0.29) is 5.02 Å². The summed E-state index contributed by atoms with van der Waals surface area (Å²) < 4.78 is 19.9. The van der Waals surface area contributed by atoms with Crippen molar-refractivity contribution in [2.24, 2.45) is 7.05 Å². The zero-order chi connectivity index (χ0) is 12.7. The summed E-state index contributed by atoms with van der Waals surface area (Å²) in [7, 11) is 3.01. The van der Waals surface area contributed by atoms with E-state index >= 15 is 0 Å². The van der Waals surface area contributed by atoms with Crippen molar-refractivity contribution in [3.05, 3.63) is 34.2 Å². The molecule has 0 unspecified atom stereocenters. The molecule has 1 heterocycles. The van der Waals surface area contributed by atoms with E-state index in [2.05, 4.69) is 4.74 Å². The highest BCUT2D eigenvalue weighted by molar-refractivity contribution is 6.35. The van der Waals surface area contributed by atoms with Crippen LogP contribution in [0.3, 0.4) is 0 Å². The molecule has 0 aliphatic heterocycles. The average molecular weight is 256 g/mol. The lowest BCUT2D eigenvalue weighted by atomic mass is 10.1. The van der Waals surface area contributed by atoms with E-state index in [9.17, 15) is 9.18 Å². The Morgan fingerprint density at radius 1 is 1.47 bits per heavy atom. The fourth-order valence-electron chi connectivity index (χ4n) is 1.83. The Morgan fingerprint density at radius 2 is 2.12 bits per heavy atom. The number of rotatable bonds is 1. The number of esters is 1. The first-order chi connectivity index (χ1) is 7.97. The van der Waals surface area contributed by atoms with Crippen LogP contribution in [0.1, 0.15) is 16.1 Å². The van der Waals surface area contributed by atoms with Gasteiger partial charge in [0.25, 0.3) is 0 Å². The summed E-state index contributed by atoms with van der Waals surface area (Å²) >= 11 is 5.92. The quantitative estimate of drug-likeness (QED) is 0.734. The van der Waals surface area contributed by atoms with Crippen LogP contribution in [0.4, 0.5) is 4.39 Å². The third kappa shape index (κ3) is 1.69. The van der Waals surface area contributed by atoms with Crippen molar-refractivity contribution >= 4 is 28.5 Å². The number of halogens is 2. The minimum atomic E-state index is -0.474. The van der Waals surface area contributed by atoms with E-state index in [1.165, 1.54) is 13.2 Å². The first kappa shape index (κ1) is 11.9. The number of carbonyl (C=O) groups excluding carboxylic acids is 1. The van der Waals surface area contributed by atoms with Gasteiger partial charge in [-0.15, -0.1) is 0 Å². The van der Waals surface area contributed by atoms with Gasteiger partial charge in [-0.1, -0.05) is 11.6 Å². The van der Waals surface area contributed by atoms with Crippen molar-refractivity contribution < 1.29 is 13.9 Å². The summed E-state index contributed by atoms with van der Waals surface area (Å²) in [6, 6.07) is 3.19. The Balaban J connectivity index is 2.83. The van der Waals surface area contributed by atoms with Gasteiger partial charge in [0.1, 0.15) is 11.5 Å². The first-order valence-electron chi connectivity index (χ1n) is 4.99. The summed E-state index contributed by atoms with van der Waals surface area (Å²) in [5.41, 5.74) is 1.49. The van der Waals surface area contributed by atoms with Crippen LogP contribution in [0.2, 0.25) is 5.02 Å². The number of nitrogens with zero attached hydrogens (tertiary/aromatic N) is 1. The van der Waals surface area contributed by atoms with E-state index in [0.717, 1.165) is 0 Å². The van der Waals surface area contributed by atoms with Crippen LogP contribution < -0.4 is 0 Å². The summed E-state index contributed by atoms with van der Waals surface area (Å²) in [5, 5.41) is 0.545. The molecule has 0 saturated carbocycles. The number of methoxy groups -OCH3 is 1. The van der Waals surface area contributed by atoms with Crippen LogP contribution in [-0.4, -0.2) is 17.6 Å². The lowest BCUT2D eigenvalue weighted by Crippen LogP contribution is -2.06. The topological polar surface area (TPSA) is 31.2 Å². The molecule has 2 rings (SSSR count). The van der Waals surface area contributed by atoms with Gasteiger partial charge in [0.05, 0.1) is 17.6 Å². The number of carbonyl (C=O) groups is 1. The van der Waals surface area contributed by atoms with E-state index in [4.69, 9.17) is 11.6 Å². The number of aromatic nitrogens is 1. The van der Waals surface area contributed by atoms with Crippen molar-refractivity contribution in [2.45, 2.75) is 6.92 Å². The van der Waals surface area contributed by atoms with Crippen molar-refractivity contribution in [3.8, 4) is 0 Å². The maximum atomic E-state index is 13.6. The summed E-state index contributed by atoms with van der Waals surface area (Å²) in [6.45, 7) is 1.63. The molecule has 0 aliphatic rings. The normalized spacial score (nSPS) is 10.9. The molecule has 17 heavy (non-hydrogen) atoms. The van der Waals surface area contributed by atoms with Crippen molar-refractivity contribution in [1.29, 1.82) is 0 Å². The second-order valence-corrected chi connectivity index (χ2v) is 4.21. The average Bonchev–Trinajstić information content (AvgIpc) is 2.64. The van der Waals surface area contributed by atoms with Gasteiger partial charge >= 0.3 is 5.97 Å². The number of hydrogen-bond donors (Lipinski definition) is 0. The Kier molecular flexibility index (Phi) is 2.83. The maximum Gasteiger partial charge on any atom is 0.354 e. The largest absolute Gasteiger partial charge is 0.464 e. The number of fused-ring (bicyclic) bond motifs is 1. The third-order valence-electron chi connectivity index (χ3n) is 2.80. The predicted molar refractivity (Wildman–Crippen MR) is 64.0 cm³/mol. The van der Waals surface area contributed by atoms with Gasteiger partial charge in [-0.2, -0.15) is 0 Å². The standard InChI is InChI=1S/C12H11ClFNO2/c1-6-4-8-7(10(13)11(6)14)5-9(15(8)2)12(16)17-3/h4-5H,1-3H3. The molecule has 0 radical (unpaired) electrons. The molecular weight excluding hydrogens is 245 g/mol. The second kappa shape index (κ2) is 4.04. The van der Waals surface area contributed by atoms with Gasteiger partial charge < -0.3 is 9.30 Å². The van der Waals surface area contributed by atoms with Gasteiger partial charge in [-0.25, -0.2) is 9.18 Å². The highest BCUT2D eigenvalue weighted by Gasteiger charge is 2.18. The summed E-state index contributed by atoms with van der Waals surface area (Å²) in [4.78, 5) is 11.5. The van der Waals surface area contributed by atoms with Crippen LogP contribution in [0.15, 0.2) is 12.1 Å². The van der Waals surface area contributed by atoms with Gasteiger partial charge in [-0.3, -0.25) is 0 Å². The first-order valence-corrected chi connectivity index (χ1v) is 5.37. The van der Waals surface area contributed by atoms with Crippen molar-refractivity contribution in [1.82, 2.24) is 4.57 Å². The molecule has 3 nitrogen and oxygen atoms in total. The fraction of sp³-hybridized carbons (Fsp3) is 0.250. The van der Waals surface area contributed by atoms with Gasteiger partial charge in [0.2, 0.25) is 0 Å². The molecule has 0 atom stereocenters. The molecule has 0 N–H and O–H groups in total. The molecule has 0 saturated heterocycles. The summed E-state index contributed by atoms with van der Waals surface area (Å²) in [5.74, 6) is -0.931. The van der Waals surface area contributed by atoms with Gasteiger partial charge in [-0.05, 0) is 24.6 Å². The number of hydrogen-bond acceptors (Lipinski definition) is 2. The van der Waals surface area contributed by atoms with Crippen LogP contribution >= 0.6 is 11.6 Å². The number of benzene rings is 1. The smallest absolute Gasteiger partial charge is 0.354 e. The highest BCUT2D eigenvalue weighted by Crippen LogP contribution is 2.31. The van der Waals surface area contributed by atoms with Crippen LogP contribution in [0.5, 0.6) is 0 Å². The van der Waals surface area contributed by atoms with Crippen LogP contribution in [0, 0.1) is 12.7 Å². The SMILES string of the molecule is COC(=O)c1cc2c(Cl)c(F)c(C)cc2n1C. The minimum Gasteiger partial charge on any atom is -0.464 e. The Bertz CT molecular complexity index is 619. The van der Waals surface area contributed by atoms with Gasteiger partial charge in [0.15, 0.2) is 0 Å². The lowest BCUT2D eigenvalue weighted by Gasteiger charge is -2.04. The molecule has 2 aromatic rings. The van der Waals surface area contributed by atoms with E-state index in [0.29, 0.717) is 22.2 Å². The monoisotopic (exact) mass is 255 g/mol. The molecule has 90 valence electrons. The molecule has 5 heteroatoms. The molecule has 0 amide bonds. The minimum absolute atomic E-state index is 0.0331. The van der Waals surface area contributed by atoms with Crippen molar-refractivity contribution in [2.75, 3.05) is 7.11 Å². The van der Waals surface area contributed by atoms with Crippen LogP contribution in [-0.2, 0) is 11.8 Å². The van der Waals surface area contributed by atoms with E-state index in [1.807, 2.05) is 0 Å². The fourth-order valence-corrected chi connectivity index (χ4v) is 2.13. The molecule has 0 aliphatic carbocycles. The third-order valence-corrected chi connectivity index (χ3v) is 3.17. The summed E-state index contributed by atoms with van der Waals surface area (Å²) in [6.07, 6.45) is 0. The molecular formula is C12H11ClFNO2. The zero-order valence-corrected chi connectivity index (χ0v) is 10.4. The zero-order valence-electron chi connectivity index (χ0n) is 9.67. The van der Waals surface area contributed by atoms with E-state index < -0.39 is 11.8 Å². The van der Waals surface area contributed by atoms with E-state index in [1.54, 1.807) is 24.6 Å². The second-order valence-electron chi connectivity index (χ2n) is 3.83. The van der Waals surface area contributed by atoms with Gasteiger partial charge in [0, 0.05) is 12.4 Å². The van der Waals surface area contributed by atoms with Crippen molar-refractivity contribution in [3.63, 3.8) is 0 Å².